The first kappa shape index (κ1) is 16.3. The second-order valence-corrected chi connectivity index (χ2v) is 5.47. The molecule has 118 valence electrons. The van der Waals surface area contributed by atoms with Gasteiger partial charge in [0.1, 0.15) is 6.10 Å². The zero-order valence-electron chi connectivity index (χ0n) is 12.9. The molecule has 0 spiro atoms. The van der Waals surface area contributed by atoms with E-state index < -0.39 is 0 Å². The number of allylic oxidation sites excluding steroid dienone is 2. The lowest BCUT2D eigenvalue weighted by Gasteiger charge is -2.19. The summed E-state index contributed by atoms with van der Waals surface area (Å²) >= 11 is 0. The molecule has 1 aliphatic heterocycles. The van der Waals surface area contributed by atoms with Gasteiger partial charge in [-0.05, 0) is 25.3 Å². The van der Waals surface area contributed by atoms with E-state index in [1.807, 2.05) is 49.4 Å². The van der Waals surface area contributed by atoms with Crippen LogP contribution in [-0.4, -0.2) is 24.6 Å². The van der Waals surface area contributed by atoms with Gasteiger partial charge < -0.3 is 9.47 Å². The molecule has 0 saturated heterocycles. The van der Waals surface area contributed by atoms with Crippen LogP contribution in [0.5, 0.6) is 0 Å². The standard InChI is InChI=1S/C18H22O4/c1-14-12-13-21-17(19)11-7-3-6-10-16(18(20)22-14)15-8-4-2-5-9-15/h2-6,8-9,14,16H,7,10-13H2,1H3/b6-3+. The fraction of sp³-hybridized carbons (Fsp3) is 0.444. The maximum absolute atomic E-state index is 12.4. The van der Waals surface area contributed by atoms with Gasteiger partial charge in [0, 0.05) is 12.8 Å². The largest absolute Gasteiger partial charge is 0.466 e. The monoisotopic (exact) mass is 302 g/mol. The normalized spacial score (nSPS) is 25.9. The third kappa shape index (κ3) is 5.02. The Bertz CT molecular complexity index is 521. The van der Waals surface area contributed by atoms with Crippen molar-refractivity contribution in [1.82, 2.24) is 0 Å². The summed E-state index contributed by atoms with van der Waals surface area (Å²) in [4.78, 5) is 23.9. The summed E-state index contributed by atoms with van der Waals surface area (Å²) in [6.07, 6.45) is 5.69. The molecule has 1 aromatic carbocycles. The Morgan fingerprint density at radius 1 is 1.09 bits per heavy atom. The highest BCUT2D eigenvalue weighted by Gasteiger charge is 2.23. The second-order valence-electron chi connectivity index (χ2n) is 5.47. The fourth-order valence-electron chi connectivity index (χ4n) is 2.36. The van der Waals surface area contributed by atoms with Crippen LogP contribution in [0.25, 0.3) is 0 Å². The Kier molecular flexibility index (Phi) is 6.19. The van der Waals surface area contributed by atoms with E-state index in [0.717, 1.165) is 5.56 Å². The zero-order chi connectivity index (χ0) is 15.8. The van der Waals surface area contributed by atoms with Crippen molar-refractivity contribution in [3.8, 4) is 0 Å². The van der Waals surface area contributed by atoms with Gasteiger partial charge in [0.05, 0.1) is 12.5 Å². The summed E-state index contributed by atoms with van der Waals surface area (Å²) in [7, 11) is 0. The molecule has 0 radical (unpaired) electrons. The quantitative estimate of drug-likeness (QED) is 0.589. The van der Waals surface area contributed by atoms with Gasteiger partial charge >= 0.3 is 11.9 Å². The van der Waals surface area contributed by atoms with E-state index in [2.05, 4.69) is 0 Å². The third-order valence-corrected chi connectivity index (χ3v) is 3.64. The van der Waals surface area contributed by atoms with Crippen molar-refractivity contribution in [2.45, 2.75) is 44.6 Å². The van der Waals surface area contributed by atoms with E-state index in [1.54, 1.807) is 0 Å². The molecule has 2 unspecified atom stereocenters. The van der Waals surface area contributed by atoms with E-state index in [4.69, 9.17) is 9.47 Å². The second kappa shape index (κ2) is 8.37. The molecule has 4 heteroatoms. The van der Waals surface area contributed by atoms with Crippen LogP contribution in [0.4, 0.5) is 0 Å². The predicted octanol–water partition coefficient (Wildman–Crippen LogP) is 3.38. The van der Waals surface area contributed by atoms with Crippen molar-refractivity contribution in [3.63, 3.8) is 0 Å². The molecule has 2 rings (SSSR count). The topological polar surface area (TPSA) is 52.6 Å². The van der Waals surface area contributed by atoms with E-state index >= 15 is 0 Å². The molecule has 1 aromatic rings. The van der Waals surface area contributed by atoms with Gasteiger partial charge in [0.15, 0.2) is 0 Å². The van der Waals surface area contributed by atoms with Gasteiger partial charge in [-0.2, -0.15) is 0 Å². The van der Waals surface area contributed by atoms with Crippen molar-refractivity contribution in [2.24, 2.45) is 0 Å². The minimum absolute atomic E-state index is 0.206. The Labute approximate surface area is 131 Å². The van der Waals surface area contributed by atoms with Crippen molar-refractivity contribution >= 4 is 11.9 Å². The number of hydrogen-bond acceptors (Lipinski definition) is 4. The van der Waals surface area contributed by atoms with Gasteiger partial charge in [0.2, 0.25) is 0 Å². The van der Waals surface area contributed by atoms with E-state index in [-0.39, 0.29) is 30.6 Å². The number of hydrogen-bond donors (Lipinski definition) is 0. The first-order valence-electron chi connectivity index (χ1n) is 7.73. The number of ether oxygens (including phenoxy) is 2. The van der Waals surface area contributed by atoms with Crippen molar-refractivity contribution < 1.29 is 19.1 Å². The van der Waals surface area contributed by atoms with E-state index in [0.29, 0.717) is 25.7 Å². The Hall–Kier alpha value is -2.10. The van der Waals surface area contributed by atoms with Crippen LogP contribution in [0.15, 0.2) is 42.5 Å². The first-order valence-corrected chi connectivity index (χ1v) is 7.73. The maximum atomic E-state index is 12.4. The molecule has 0 amide bonds. The molecule has 22 heavy (non-hydrogen) atoms. The van der Waals surface area contributed by atoms with Gasteiger partial charge in [-0.1, -0.05) is 42.5 Å². The minimum atomic E-state index is -0.308. The number of cyclic esters (lactones) is 2. The number of carbonyl (C=O) groups is 2. The lowest BCUT2D eigenvalue weighted by molar-refractivity contribution is -0.151. The Balaban J connectivity index is 2.13. The molecule has 1 aliphatic rings. The summed E-state index contributed by atoms with van der Waals surface area (Å²) in [6, 6.07) is 9.65. The molecule has 4 nitrogen and oxygen atoms in total. The smallest absolute Gasteiger partial charge is 0.313 e. The highest BCUT2D eigenvalue weighted by Crippen LogP contribution is 2.23. The summed E-state index contributed by atoms with van der Waals surface area (Å²) in [5.74, 6) is -0.742. The summed E-state index contributed by atoms with van der Waals surface area (Å²) in [5.41, 5.74) is 0.951. The molecule has 0 aliphatic carbocycles. The maximum Gasteiger partial charge on any atom is 0.313 e. The minimum Gasteiger partial charge on any atom is -0.466 e. The first-order chi connectivity index (χ1) is 10.7. The average Bonchev–Trinajstić information content (AvgIpc) is 2.51. The molecule has 0 saturated carbocycles. The van der Waals surface area contributed by atoms with E-state index in [9.17, 15) is 9.59 Å². The third-order valence-electron chi connectivity index (χ3n) is 3.64. The Morgan fingerprint density at radius 3 is 2.64 bits per heavy atom. The predicted molar refractivity (Wildman–Crippen MR) is 83.3 cm³/mol. The van der Waals surface area contributed by atoms with Gasteiger partial charge in [-0.3, -0.25) is 9.59 Å². The van der Waals surface area contributed by atoms with Crippen molar-refractivity contribution in [2.75, 3.05) is 6.61 Å². The molecule has 0 bridgehead atoms. The van der Waals surface area contributed by atoms with Crippen LogP contribution in [0.2, 0.25) is 0 Å². The van der Waals surface area contributed by atoms with Crippen molar-refractivity contribution in [3.05, 3.63) is 48.0 Å². The number of carbonyl (C=O) groups excluding carboxylic acids is 2. The van der Waals surface area contributed by atoms with E-state index in [1.165, 1.54) is 0 Å². The molecular formula is C18H22O4. The van der Waals surface area contributed by atoms with Crippen LogP contribution >= 0.6 is 0 Å². The molecule has 1 heterocycles. The summed E-state index contributed by atoms with van der Waals surface area (Å²) in [6.45, 7) is 2.11. The summed E-state index contributed by atoms with van der Waals surface area (Å²) < 4.78 is 10.6. The lowest BCUT2D eigenvalue weighted by atomic mass is 9.95. The SMILES string of the molecule is CC1CCOC(=O)CC/C=C/CC(c2ccccc2)C(=O)O1. The zero-order valence-corrected chi connectivity index (χ0v) is 12.9. The molecular weight excluding hydrogens is 280 g/mol. The molecule has 0 fully saturated rings. The number of benzene rings is 1. The van der Waals surface area contributed by atoms with Crippen LogP contribution in [-0.2, 0) is 19.1 Å². The number of esters is 2. The van der Waals surface area contributed by atoms with Crippen LogP contribution in [0, 0.1) is 0 Å². The lowest BCUT2D eigenvalue weighted by Crippen LogP contribution is -2.22. The van der Waals surface area contributed by atoms with Crippen molar-refractivity contribution in [1.29, 1.82) is 0 Å². The van der Waals surface area contributed by atoms with Gasteiger partial charge in [-0.25, -0.2) is 0 Å². The highest BCUT2D eigenvalue weighted by atomic mass is 16.6. The highest BCUT2D eigenvalue weighted by molar-refractivity contribution is 5.78. The average molecular weight is 302 g/mol. The molecule has 0 N–H and O–H groups in total. The fourth-order valence-corrected chi connectivity index (χ4v) is 2.36. The van der Waals surface area contributed by atoms with Gasteiger partial charge in [0.25, 0.3) is 0 Å². The Morgan fingerprint density at radius 2 is 1.86 bits per heavy atom. The molecule has 2 atom stereocenters. The van der Waals surface area contributed by atoms with Crippen LogP contribution < -0.4 is 0 Å². The number of rotatable bonds is 1. The van der Waals surface area contributed by atoms with Crippen LogP contribution in [0.1, 0.15) is 44.1 Å². The van der Waals surface area contributed by atoms with Crippen LogP contribution in [0.3, 0.4) is 0 Å². The summed E-state index contributed by atoms with van der Waals surface area (Å²) in [5, 5.41) is 0. The van der Waals surface area contributed by atoms with Gasteiger partial charge in [-0.15, -0.1) is 0 Å². The molecule has 0 aromatic heterocycles.